The Morgan fingerprint density at radius 1 is 1.46 bits per heavy atom. The van der Waals surface area contributed by atoms with E-state index in [-0.39, 0.29) is 12.3 Å². The lowest BCUT2D eigenvalue weighted by molar-refractivity contribution is -0.136. The van der Waals surface area contributed by atoms with Crippen molar-refractivity contribution in [3.05, 3.63) is 0 Å². The second-order valence-corrected chi connectivity index (χ2v) is 3.76. The Hall–Kier alpha value is -1.04. The van der Waals surface area contributed by atoms with E-state index in [0.717, 1.165) is 12.8 Å². The van der Waals surface area contributed by atoms with Gasteiger partial charge >= 0.3 is 0 Å². The molecule has 0 aromatic rings. The van der Waals surface area contributed by atoms with E-state index in [0.29, 0.717) is 12.1 Å². The summed E-state index contributed by atoms with van der Waals surface area (Å²) in [7, 11) is 0. The first-order valence-corrected chi connectivity index (χ1v) is 4.85. The van der Waals surface area contributed by atoms with E-state index < -0.39 is 0 Å². The molecule has 0 bridgehead atoms. The molecule has 2 unspecified atom stereocenters. The van der Waals surface area contributed by atoms with Crippen molar-refractivity contribution >= 4 is 5.91 Å². The number of hydrogen-bond acceptors (Lipinski definition) is 2. The van der Waals surface area contributed by atoms with Crippen molar-refractivity contribution in [1.82, 2.24) is 4.90 Å². The topological polar surface area (TPSA) is 44.1 Å². The van der Waals surface area contributed by atoms with Gasteiger partial charge in [0, 0.05) is 12.1 Å². The molecule has 1 heterocycles. The molecule has 1 amide bonds. The molecule has 1 saturated heterocycles. The van der Waals surface area contributed by atoms with Gasteiger partial charge in [0.25, 0.3) is 0 Å². The zero-order valence-electron chi connectivity index (χ0n) is 8.29. The number of carbonyl (C=O) groups excluding carboxylic acids is 1. The minimum atomic E-state index is -0.0119. The van der Waals surface area contributed by atoms with Gasteiger partial charge in [-0.3, -0.25) is 4.79 Å². The number of nitrogens with zero attached hydrogens (tertiary/aromatic N) is 2. The molecule has 3 heteroatoms. The first kappa shape index (κ1) is 10.0. The zero-order valence-corrected chi connectivity index (χ0v) is 8.29. The molecule has 1 fully saturated rings. The maximum Gasteiger partial charge on any atom is 0.237 e. The maximum atomic E-state index is 11.5. The number of likely N-dealkylation sites (tertiary alicyclic amines) is 1. The predicted octanol–water partition coefficient (Wildman–Crippen LogP) is 1.69. The third-order valence-corrected chi connectivity index (χ3v) is 2.71. The number of piperidine rings is 1. The van der Waals surface area contributed by atoms with Gasteiger partial charge in [-0.1, -0.05) is 0 Å². The van der Waals surface area contributed by atoms with Gasteiger partial charge < -0.3 is 4.90 Å². The van der Waals surface area contributed by atoms with Gasteiger partial charge in [-0.15, -0.1) is 0 Å². The summed E-state index contributed by atoms with van der Waals surface area (Å²) in [6.45, 7) is 4.12. The molecule has 3 nitrogen and oxygen atoms in total. The fourth-order valence-electron chi connectivity index (χ4n) is 2.07. The molecule has 0 aromatic heterocycles. The van der Waals surface area contributed by atoms with Crippen molar-refractivity contribution in [1.29, 1.82) is 5.26 Å². The van der Waals surface area contributed by atoms with Crippen LogP contribution in [0.2, 0.25) is 0 Å². The molecule has 0 spiro atoms. The van der Waals surface area contributed by atoms with Crippen molar-refractivity contribution in [2.24, 2.45) is 0 Å². The third-order valence-electron chi connectivity index (χ3n) is 2.71. The molecule has 0 N–H and O–H groups in total. The monoisotopic (exact) mass is 180 g/mol. The van der Waals surface area contributed by atoms with Crippen LogP contribution in [0.1, 0.15) is 39.5 Å². The van der Waals surface area contributed by atoms with E-state index >= 15 is 0 Å². The number of nitriles is 1. The van der Waals surface area contributed by atoms with Gasteiger partial charge in [0.15, 0.2) is 0 Å². The third kappa shape index (κ3) is 2.21. The number of hydrogen-bond donors (Lipinski definition) is 0. The highest BCUT2D eigenvalue weighted by Crippen LogP contribution is 2.22. The van der Waals surface area contributed by atoms with Gasteiger partial charge in [0.05, 0.1) is 6.07 Å². The van der Waals surface area contributed by atoms with Gasteiger partial charge in [-0.25, -0.2) is 0 Å². The van der Waals surface area contributed by atoms with E-state index in [1.807, 2.05) is 11.0 Å². The molecule has 0 saturated carbocycles. The van der Waals surface area contributed by atoms with Crippen LogP contribution in [0.4, 0.5) is 0 Å². The van der Waals surface area contributed by atoms with Gasteiger partial charge in [-0.05, 0) is 33.1 Å². The molecular weight excluding hydrogens is 164 g/mol. The van der Waals surface area contributed by atoms with Crippen LogP contribution >= 0.6 is 0 Å². The highest BCUT2D eigenvalue weighted by Gasteiger charge is 2.28. The quantitative estimate of drug-likeness (QED) is 0.616. The summed E-state index contributed by atoms with van der Waals surface area (Å²) in [5.41, 5.74) is 0. The lowest BCUT2D eigenvalue weighted by Crippen LogP contribution is -2.47. The number of carbonyl (C=O) groups is 1. The Balaban J connectivity index is 2.63. The summed E-state index contributed by atoms with van der Waals surface area (Å²) < 4.78 is 0. The van der Waals surface area contributed by atoms with Crippen LogP contribution in [-0.2, 0) is 4.79 Å². The Morgan fingerprint density at radius 3 is 2.46 bits per heavy atom. The first-order chi connectivity index (χ1) is 6.16. The second-order valence-electron chi connectivity index (χ2n) is 3.76. The molecule has 1 aliphatic heterocycles. The van der Waals surface area contributed by atoms with Crippen molar-refractivity contribution in [3.8, 4) is 6.07 Å². The number of rotatable bonds is 1. The van der Waals surface area contributed by atoms with E-state index in [9.17, 15) is 4.79 Å². The van der Waals surface area contributed by atoms with Crippen molar-refractivity contribution in [2.75, 3.05) is 0 Å². The summed E-state index contributed by atoms with van der Waals surface area (Å²) >= 11 is 0. The molecule has 72 valence electrons. The largest absolute Gasteiger partial charge is 0.336 e. The molecule has 13 heavy (non-hydrogen) atoms. The smallest absolute Gasteiger partial charge is 0.237 e. The van der Waals surface area contributed by atoms with E-state index in [1.165, 1.54) is 6.42 Å². The Labute approximate surface area is 79.3 Å². The van der Waals surface area contributed by atoms with Crippen molar-refractivity contribution < 1.29 is 4.79 Å². The van der Waals surface area contributed by atoms with Gasteiger partial charge in [0.1, 0.15) is 6.42 Å². The van der Waals surface area contributed by atoms with Gasteiger partial charge in [-0.2, -0.15) is 5.26 Å². The summed E-state index contributed by atoms with van der Waals surface area (Å²) in [5, 5.41) is 8.44. The highest BCUT2D eigenvalue weighted by molar-refractivity contribution is 5.78. The van der Waals surface area contributed by atoms with E-state index in [4.69, 9.17) is 5.26 Å². The van der Waals surface area contributed by atoms with Crippen molar-refractivity contribution in [2.45, 2.75) is 51.6 Å². The number of amides is 1. The molecule has 0 aliphatic carbocycles. The van der Waals surface area contributed by atoms with Crippen LogP contribution < -0.4 is 0 Å². The molecule has 2 atom stereocenters. The fraction of sp³-hybridized carbons (Fsp3) is 0.800. The average molecular weight is 180 g/mol. The molecule has 0 radical (unpaired) electrons. The highest BCUT2D eigenvalue weighted by atomic mass is 16.2. The molecule has 1 rings (SSSR count). The first-order valence-electron chi connectivity index (χ1n) is 4.85. The van der Waals surface area contributed by atoms with Crippen LogP contribution in [0.15, 0.2) is 0 Å². The van der Waals surface area contributed by atoms with Crippen LogP contribution in [0.3, 0.4) is 0 Å². The van der Waals surface area contributed by atoms with E-state index in [1.54, 1.807) is 0 Å². The van der Waals surface area contributed by atoms with Crippen LogP contribution in [0.25, 0.3) is 0 Å². The summed E-state index contributed by atoms with van der Waals surface area (Å²) in [5.74, 6) is -0.0119. The van der Waals surface area contributed by atoms with Gasteiger partial charge in [0.2, 0.25) is 5.91 Å². The minimum absolute atomic E-state index is 0.0119. The Morgan fingerprint density at radius 2 is 2.00 bits per heavy atom. The normalized spacial score (nSPS) is 28.2. The lowest BCUT2D eigenvalue weighted by Gasteiger charge is -2.38. The lowest BCUT2D eigenvalue weighted by atomic mass is 9.97. The molecule has 0 aromatic carbocycles. The summed E-state index contributed by atoms with van der Waals surface area (Å²) in [6.07, 6.45) is 3.36. The fourth-order valence-corrected chi connectivity index (χ4v) is 2.07. The Bertz CT molecular complexity index is 222. The predicted molar refractivity (Wildman–Crippen MR) is 49.9 cm³/mol. The Kier molecular flexibility index (Phi) is 3.30. The minimum Gasteiger partial charge on any atom is -0.336 e. The van der Waals surface area contributed by atoms with E-state index in [2.05, 4.69) is 13.8 Å². The maximum absolute atomic E-state index is 11.5. The van der Waals surface area contributed by atoms with Crippen LogP contribution in [-0.4, -0.2) is 22.9 Å². The second kappa shape index (κ2) is 4.27. The zero-order chi connectivity index (χ0) is 9.84. The standard InChI is InChI=1S/C10H16N2O/c1-8-4-3-5-9(2)12(8)10(13)6-7-11/h8-9H,3-6H2,1-2H3. The average Bonchev–Trinajstić information content (AvgIpc) is 2.04. The summed E-state index contributed by atoms with van der Waals surface area (Å²) in [4.78, 5) is 13.4. The van der Waals surface area contributed by atoms with Crippen LogP contribution in [0.5, 0.6) is 0 Å². The molecular formula is C10H16N2O. The molecule has 1 aliphatic rings. The SMILES string of the molecule is CC1CCCC(C)N1C(=O)CC#N. The summed E-state index contributed by atoms with van der Waals surface area (Å²) in [6, 6.07) is 2.53. The van der Waals surface area contributed by atoms with Crippen LogP contribution in [0, 0.1) is 11.3 Å². The van der Waals surface area contributed by atoms with Crippen molar-refractivity contribution in [3.63, 3.8) is 0 Å².